The molecule has 1 saturated heterocycles. The Morgan fingerprint density at radius 1 is 1.39 bits per heavy atom. The maximum atomic E-state index is 12.5. The predicted molar refractivity (Wildman–Crippen MR) is 76.2 cm³/mol. The Bertz CT molecular complexity index is 460. The van der Waals surface area contributed by atoms with Gasteiger partial charge in [0.1, 0.15) is 0 Å². The van der Waals surface area contributed by atoms with Gasteiger partial charge in [0.05, 0.1) is 5.75 Å². The zero-order valence-corrected chi connectivity index (χ0v) is 13.1. The van der Waals surface area contributed by atoms with Gasteiger partial charge in [-0.15, -0.1) is 0 Å². The minimum Gasteiger partial charge on any atom is -0.212 e. The highest BCUT2D eigenvalue weighted by molar-refractivity contribution is 7.98. The highest BCUT2D eigenvalue weighted by Crippen LogP contribution is 2.69. The minimum atomic E-state index is -3.01. The fourth-order valence-electron chi connectivity index (χ4n) is 4.85. The molecule has 1 aliphatic heterocycles. The Labute approximate surface area is 115 Å². The average molecular weight is 289 g/mol. The second-order valence-electron chi connectivity index (χ2n) is 6.72. The van der Waals surface area contributed by atoms with Crippen LogP contribution in [0.4, 0.5) is 0 Å². The van der Waals surface area contributed by atoms with E-state index >= 15 is 0 Å². The van der Waals surface area contributed by atoms with E-state index in [1.807, 2.05) is 10.6 Å². The maximum absolute atomic E-state index is 12.5. The number of fused-ring (bicyclic) bond motifs is 1. The number of hydrogen-bond donors (Lipinski definition) is 0. The second kappa shape index (κ2) is 3.89. The first-order valence-electron chi connectivity index (χ1n) is 6.84. The minimum absolute atomic E-state index is 0.0505. The maximum Gasteiger partial charge on any atom is 0.215 e. The van der Waals surface area contributed by atoms with E-state index < -0.39 is 10.0 Å². The molecule has 1 heterocycles. The van der Waals surface area contributed by atoms with Gasteiger partial charge in [-0.1, -0.05) is 13.8 Å². The lowest BCUT2D eigenvalue weighted by Gasteiger charge is -2.37. The van der Waals surface area contributed by atoms with Crippen LogP contribution in [0.1, 0.15) is 33.1 Å². The van der Waals surface area contributed by atoms with E-state index in [9.17, 15) is 8.42 Å². The summed E-state index contributed by atoms with van der Waals surface area (Å²) in [5, 5.41) is 0. The molecule has 5 heteroatoms. The summed E-state index contributed by atoms with van der Waals surface area (Å²) in [6.45, 7) is 5.31. The van der Waals surface area contributed by atoms with Crippen LogP contribution in [0.25, 0.3) is 0 Å². The van der Waals surface area contributed by atoms with Crippen LogP contribution in [0.15, 0.2) is 0 Å². The first-order chi connectivity index (χ1) is 8.35. The number of nitrogens with zero attached hydrogens (tertiary/aromatic N) is 1. The lowest BCUT2D eigenvalue weighted by atomic mass is 9.69. The van der Waals surface area contributed by atoms with Crippen molar-refractivity contribution in [2.24, 2.45) is 16.7 Å². The normalized spacial score (nSPS) is 44.4. The summed E-state index contributed by atoms with van der Waals surface area (Å²) in [4.78, 5) is 0. The van der Waals surface area contributed by atoms with E-state index in [0.717, 1.165) is 24.5 Å². The van der Waals surface area contributed by atoms with E-state index in [1.165, 1.54) is 6.42 Å². The molecular formula is C13H23NO2S2. The summed E-state index contributed by atoms with van der Waals surface area (Å²) in [7, 11) is -3.01. The van der Waals surface area contributed by atoms with Crippen LogP contribution >= 0.6 is 11.8 Å². The topological polar surface area (TPSA) is 37.4 Å². The summed E-state index contributed by atoms with van der Waals surface area (Å²) in [5.74, 6) is 2.05. The number of sulfonamides is 1. The van der Waals surface area contributed by atoms with Gasteiger partial charge < -0.3 is 0 Å². The van der Waals surface area contributed by atoms with Crippen LogP contribution in [0.3, 0.4) is 0 Å². The molecule has 3 atom stereocenters. The van der Waals surface area contributed by atoms with Gasteiger partial charge in [0, 0.05) is 23.8 Å². The van der Waals surface area contributed by atoms with Crippen LogP contribution < -0.4 is 0 Å². The summed E-state index contributed by atoms with van der Waals surface area (Å²) >= 11 is 1.73. The summed E-state index contributed by atoms with van der Waals surface area (Å²) in [6.07, 6.45) is 5.49. The van der Waals surface area contributed by atoms with Gasteiger partial charge in [-0.25, -0.2) is 8.42 Å². The van der Waals surface area contributed by atoms with E-state index in [-0.39, 0.29) is 10.8 Å². The van der Waals surface area contributed by atoms with Crippen molar-refractivity contribution in [2.45, 2.75) is 39.2 Å². The van der Waals surface area contributed by atoms with Crippen LogP contribution in [-0.2, 0) is 10.0 Å². The fraction of sp³-hybridized carbons (Fsp3) is 1.00. The largest absolute Gasteiger partial charge is 0.215 e. The lowest BCUT2D eigenvalue weighted by Crippen LogP contribution is -2.42. The smallest absolute Gasteiger partial charge is 0.212 e. The van der Waals surface area contributed by atoms with Crippen molar-refractivity contribution >= 4 is 21.8 Å². The van der Waals surface area contributed by atoms with Crippen LogP contribution in [-0.4, -0.2) is 43.1 Å². The molecule has 0 N–H and O–H groups in total. The molecule has 3 aliphatic rings. The molecule has 18 heavy (non-hydrogen) atoms. The van der Waals surface area contributed by atoms with E-state index in [0.29, 0.717) is 18.3 Å². The lowest BCUT2D eigenvalue weighted by molar-refractivity contribution is 0.116. The van der Waals surface area contributed by atoms with Crippen molar-refractivity contribution in [1.29, 1.82) is 0 Å². The van der Waals surface area contributed by atoms with E-state index in [1.54, 1.807) is 11.8 Å². The van der Waals surface area contributed by atoms with Gasteiger partial charge in [0.15, 0.2) is 0 Å². The Balaban J connectivity index is 1.97. The van der Waals surface area contributed by atoms with Gasteiger partial charge in [-0.3, -0.25) is 0 Å². The zero-order valence-electron chi connectivity index (χ0n) is 11.5. The Hall–Kier alpha value is 0.260. The molecule has 3 rings (SSSR count). The third-order valence-corrected chi connectivity index (χ3v) is 8.67. The summed E-state index contributed by atoms with van der Waals surface area (Å²) in [6, 6.07) is 0.295. The van der Waals surface area contributed by atoms with Crippen molar-refractivity contribution in [3.8, 4) is 0 Å². The van der Waals surface area contributed by atoms with Gasteiger partial charge >= 0.3 is 0 Å². The van der Waals surface area contributed by atoms with Gasteiger partial charge in [-0.05, 0) is 36.9 Å². The highest BCUT2D eigenvalue weighted by Gasteiger charge is 2.71. The summed E-state index contributed by atoms with van der Waals surface area (Å²) in [5.41, 5.74) is 0.258. The SMILES string of the molecule is CSCCN1[C@@H]2C[C@H]3CC[C@]2(CS1(=O)=O)C3(C)C. The number of thioether (sulfide) groups is 1. The Kier molecular flexibility index (Phi) is 2.86. The van der Waals surface area contributed by atoms with Crippen LogP contribution in [0.5, 0.6) is 0 Å². The molecule has 3 fully saturated rings. The first-order valence-corrected chi connectivity index (χ1v) is 9.84. The van der Waals surface area contributed by atoms with Crippen molar-refractivity contribution in [1.82, 2.24) is 4.31 Å². The summed E-state index contributed by atoms with van der Waals surface area (Å²) < 4.78 is 26.8. The predicted octanol–water partition coefficient (Wildman–Crippen LogP) is 2.19. The van der Waals surface area contributed by atoms with Crippen LogP contribution in [0, 0.1) is 16.7 Å². The molecule has 0 aromatic carbocycles. The molecule has 0 unspecified atom stereocenters. The van der Waals surface area contributed by atoms with Gasteiger partial charge in [-0.2, -0.15) is 16.1 Å². The highest BCUT2D eigenvalue weighted by atomic mass is 32.2. The molecule has 3 nitrogen and oxygen atoms in total. The van der Waals surface area contributed by atoms with Crippen molar-refractivity contribution in [3.05, 3.63) is 0 Å². The molecule has 2 aliphatic carbocycles. The molecule has 0 aromatic heterocycles. The van der Waals surface area contributed by atoms with E-state index in [4.69, 9.17) is 0 Å². The average Bonchev–Trinajstić information content (AvgIpc) is 2.73. The Morgan fingerprint density at radius 3 is 2.72 bits per heavy atom. The number of hydrogen-bond acceptors (Lipinski definition) is 3. The van der Waals surface area contributed by atoms with Crippen LogP contribution in [0.2, 0.25) is 0 Å². The standard InChI is InChI=1S/C13H23NO2S2/c1-12(2)10-4-5-13(12)9-18(15,16)14(6-7-17-3)11(13)8-10/h10-11H,4-9H2,1-3H3/t10-,11-,13-/m1/s1. The van der Waals surface area contributed by atoms with Gasteiger partial charge in [0.25, 0.3) is 0 Å². The molecule has 0 aromatic rings. The van der Waals surface area contributed by atoms with Gasteiger partial charge in [0.2, 0.25) is 10.0 Å². The van der Waals surface area contributed by atoms with Crippen molar-refractivity contribution < 1.29 is 8.42 Å². The molecule has 0 amide bonds. The Morgan fingerprint density at radius 2 is 2.11 bits per heavy atom. The molecule has 1 spiro atoms. The molecule has 104 valence electrons. The number of rotatable bonds is 3. The van der Waals surface area contributed by atoms with E-state index in [2.05, 4.69) is 13.8 Å². The zero-order chi connectivity index (χ0) is 13.2. The molecule has 0 radical (unpaired) electrons. The third-order valence-electron chi connectivity index (χ3n) is 6.05. The molecule has 2 saturated carbocycles. The molecule has 2 bridgehead atoms. The monoisotopic (exact) mass is 289 g/mol. The fourth-order valence-corrected chi connectivity index (χ4v) is 7.92. The first kappa shape index (κ1) is 13.3. The quantitative estimate of drug-likeness (QED) is 0.799. The van der Waals surface area contributed by atoms with Crippen molar-refractivity contribution in [3.63, 3.8) is 0 Å². The van der Waals surface area contributed by atoms with Crippen molar-refractivity contribution in [2.75, 3.05) is 24.3 Å². The third kappa shape index (κ3) is 1.44. The second-order valence-corrected chi connectivity index (χ2v) is 9.63. The molecular weight excluding hydrogens is 266 g/mol.